The summed E-state index contributed by atoms with van der Waals surface area (Å²) in [6.45, 7) is 4.89. The van der Waals surface area contributed by atoms with Crippen molar-refractivity contribution in [2.75, 3.05) is 13.1 Å². The summed E-state index contributed by atoms with van der Waals surface area (Å²) in [5.41, 5.74) is 4.90. The van der Waals surface area contributed by atoms with Crippen molar-refractivity contribution in [3.05, 3.63) is 70.8 Å². The molecule has 0 bridgehead atoms. The van der Waals surface area contributed by atoms with Crippen LogP contribution in [-0.4, -0.2) is 35.8 Å². The van der Waals surface area contributed by atoms with Crippen LogP contribution in [0, 0.1) is 12.8 Å². The van der Waals surface area contributed by atoms with E-state index in [9.17, 15) is 9.59 Å². The molecule has 2 aromatic carbocycles. The minimum absolute atomic E-state index is 0.0899. The molecule has 0 saturated heterocycles. The molecule has 2 N–H and O–H groups in total. The van der Waals surface area contributed by atoms with Gasteiger partial charge in [-0.1, -0.05) is 60.5 Å². The second kappa shape index (κ2) is 10.1. The highest BCUT2D eigenvalue weighted by Crippen LogP contribution is 2.24. The van der Waals surface area contributed by atoms with Crippen molar-refractivity contribution in [2.45, 2.75) is 58.2 Å². The monoisotopic (exact) mass is 419 g/mol. The zero-order valence-electron chi connectivity index (χ0n) is 18.4. The van der Waals surface area contributed by atoms with Crippen molar-refractivity contribution in [3.63, 3.8) is 0 Å². The van der Waals surface area contributed by atoms with E-state index in [1.807, 2.05) is 24.3 Å². The van der Waals surface area contributed by atoms with Crippen LogP contribution in [0.25, 0.3) is 0 Å². The molecule has 2 aliphatic rings. The molecule has 0 radical (unpaired) electrons. The van der Waals surface area contributed by atoms with E-state index in [2.05, 4.69) is 46.7 Å². The standard InChI is InChI=1S/C26H33N3O2/c1-19-9-11-20(12-10-19)14-25(30)28-24-8-4-5-21(13-24)15-27-26(31)18-29-16-22-6-2-3-7-23(22)17-29/h2-3,6-7,9-12,21,24H,4-5,8,13-18H2,1H3,(H,27,31)(H,28,30)/t21-,24+/m1/s1. The van der Waals surface area contributed by atoms with E-state index in [0.717, 1.165) is 44.3 Å². The predicted octanol–water partition coefficient (Wildman–Crippen LogP) is 3.34. The Hall–Kier alpha value is -2.66. The van der Waals surface area contributed by atoms with Crippen LogP contribution in [-0.2, 0) is 29.1 Å². The fraction of sp³-hybridized carbons (Fsp3) is 0.462. The first-order valence-corrected chi connectivity index (χ1v) is 11.5. The van der Waals surface area contributed by atoms with Crippen molar-refractivity contribution in [3.8, 4) is 0 Å². The quantitative estimate of drug-likeness (QED) is 0.724. The van der Waals surface area contributed by atoms with E-state index in [1.54, 1.807) is 0 Å². The summed E-state index contributed by atoms with van der Waals surface area (Å²) < 4.78 is 0. The van der Waals surface area contributed by atoms with Gasteiger partial charge < -0.3 is 10.6 Å². The molecule has 1 saturated carbocycles. The molecule has 1 aliphatic heterocycles. The van der Waals surface area contributed by atoms with Gasteiger partial charge in [0, 0.05) is 25.7 Å². The molecule has 1 fully saturated rings. The summed E-state index contributed by atoms with van der Waals surface area (Å²) in [5.74, 6) is 0.614. The number of hydrogen-bond donors (Lipinski definition) is 2. The van der Waals surface area contributed by atoms with Crippen LogP contribution < -0.4 is 10.6 Å². The average molecular weight is 420 g/mol. The number of carbonyl (C=O) groups is 2. The van der Waals surface area contributed by atoms with E-state index in [-0.39, 0.29) is 17.9 Å². The van der Waals surface area contributed by atoms with Crippen LogP contribution >= 0.6 is 0 Å². The molecule has 0 spiro atoms. The molecule has 5 heteroatoms. The molecule has 2 atom stereocenters. The lowest BCUT2D eigenvalue weighted by molar-refractivity contribution is -0.123. The highest BCUT2D eigenvalue weighted by atomic mass is 16.2. The predicted molar refractivity (Wildman–Crippen MR) is 122 cm³/mol. The number of amides is 2. The lowest BCUT2D eigenvalue weighted by atomic mass is 9.85. The third kappa shape index (κ3) is 6.17. The van der Waals surface area contributed by atoms with Gasteiger partial charge in [0.2, 0.25) is 11.8 Å². The second-order valence-electron chi connectivity index (χ2n) is 9.18. The topological polar surface area (TPSA) is 61.4 Å². The van der Waals surface area contributed by atoms with Gasteiger partial charge in [-0.15, -0.1) is 0 Å². The van der Waals surface area contributed by atoms with Crippen molar-refractivity contribution in [1.82, 2.24) is 15.5 Å². The van der Waals surface area contributed by atoms with Gasteiger partial charge in [-0.25, -0.2) is 0 Å². The zero-order valence-corrected chi connectivity index (χ0v) is 18.4. The average Bonchev–Trinajstić information content (AvgIpc) is 3.16. The summed E-state index contributed by atoms with van der Waals surface area (Å²) in [6.07, 6.45) is 4.60. The van der Waals surface area contributed by atoms with Crippen LogP contribution in [0.4, 0.5) is 0 Å². The van der Waals surface area contributed by atoms with Gasteiger partial charge in [-0.2, -0.15) is 0 Å². The molecule has 2 aromatic rings. The second-order valence-corrected chi connectivity index (χ2v) is 9.18. The van der Waals surface area contributed by atoms with Crippen LogP contribution in [0.5, 0.6) is 0 Å². The Morgan fingerprint density at radius 2 is 1.68 bits per heavy atom. The van der Waals surface area contributed by atoms with Crippen LogP contribution in [0.15, 0.2) is 48.5 Å². The summed E-state index contributed by atoms with van der Waals surface area (Å²) >= 11 is 0. The first-order chi connectivity index (χ1) is 15.0. The van der Waals surface area contributed by atoms with E-state index in [0.29, 0.717) is 25.4 Å². The van der Waals surface area contributed by atoms with Crippen molar-refractivity contribution < 1.29 is 9.59 Å². The molecule has 31 heavy (non-hydrogen) atoms. The third-order valence-electron chi connectivity index (χ3n) is 6.49. The number of benzene rings is 2. The molecule has 4 rings (SSSR count). The summed E-state index contributed by atoms with van der Waals surface area (Å²) in [6, 6.07) is 16.7. The normalized spacial score (nSPS) is 20.8. The number of carbonyl (C=O) groups excluding carboxylic acids is 2. The third-order valence-corrected chi connectivity index (χ3v) is 6.49. The zero-order chi connectivity index (χ0) is 21.6. The van der Waals surface area contributed by atoms with Gasteiger partial charge in [0.05, 0.1) is 13.0 Å². The number of nitrogens with zero attached hydrogens (tertiary/aromatic N) is 1. The van der Waals surface area contributed by atoms with Crippen LogP contribution in [0.1, 0.15) is 47.9 Å². The minimum atomic E-state index is 0.0899. The van der Waals surface area contributed by atoms with Gasteiger partial charge >= 0.3 is 0 Å². The highest BCUT2D eigenvalue weighted by Gasteiger charge is 2.25. The Morgan fingerprint density at radius 3 is 2.39 bits per heavy atom. The Bertz CT molecular complexity index is 884. The molecule has 164 valence electrons. The summed E-state index contributed by atoms with van der Waals surface area (Å²) in [4.78, 5) is 27.1. The van der Waals surface area contributed by atoms with Gasteiger partial charge in [-0.3, -0.25) is 14.5 Å². The van der Waals surface area contributed by atoms with E-state index in [4.69, 9.17) is 0 Å². The molecular weight excluding hydrogens is 386 g/mol. The van der Waals surface area contributed by atoms with Gasteiger partial charge in [0.25, 0.3) is 0 Å². The first kappa shape index (κ1) is 21.6. The fourth-order valence-corrected chi connectivity index (χ4v) is 4.81. The maximum Gasteiger partial charge on any atom is 0.234 e. The van der Waals surface area contributed by atoms with E-state index in [1.165, 1.54) is 16.7 Å². The molecule has 1 heterocycles. The van der Waals surface area contributed by atoms with Crippen LogP contribution in [0.3, 0.4) is 0 Å². The molecular formula is C26H33N3O2. The fourth-order valence-electron chi connectivity index (χ4n) is 4.81. The molecule has 0 aromatic heterocycles. The lowest BCUT2D eigenvalue weighted by Crippen LogP contribution is -2.42. The smallest absolute Gasteiger partial charge is 0.234 e. The summed E-state index contributed by atoms with van der Waals surface area (Å²) in [5, 5.41) is 6.34. The maximum absolute atomic E-state index is 12.5. The van der Waals surface area contributed by atoms with Crippen molar-refractivity contribution >= 4 is 11.8 Å². The minimum Gasteiger partial charge on any atom is -0.355 e. The SMILES string of the molecule is Cc1ccc(CC(=O)N[C@H]2CCC[C@@H](CNC(=O)CN3Cc4ccccc4C3)C2)cc1. The number of aryl methyl sites for hydroxylation is 1. The number of rotatable bonds is 7. The molecule has 5 nitrogen and oxygen atoms in total. The number of nitrogens with one attached hydrogen (secondary N) is 2. The Labute approximate surface area is 185 Å². The Kier molecular flexibility index (Phi) is 7.03. The summed E-state index contributed by atoms with van der Waals surface area (Å²) in [7, 11) is 0. The molecule has 0 unspecified atom stereocenters. The number of hydrogen-bond acceptors (Lipinski definition) is 3. The van der Waals surface area contributed by atoms with Crippen molar-refractivity contribution in [1.29, 1.82) is 0 Å². The number of fused-ring (bicyclic) bond motifs is 1. The van der Waals surface area contributed by atoms with Crippen molar-refractivity contribution in [2.24, 2.45) is 5.92 Å². The highest BCUT2D eigenvalue weighted by molar-refractivity contribution is 5.79. The Balaban J connectivity index is 1.17. The first-order valence-electron chi connectivity index (χ1n) is 11.5. The largest absolute Gasteiger partial charge is 0.355 e. The van der Waals surface area contributed by atoms with Gasteiger partial charge in [0.1, 0.15) is 0 Å². The van der Waals surface area contributed by atoms with Crippen LogP contribution in [0.2, 0.25) is 0 Å². The molecule has 2 amide bonds. The van der Waals surface area contributed by atoms with E-state index < -0.39 is 0 Å². The lowest BCUT2D eigenvalue weighted by Gasteiger charge is -2.30. The van der Waals surface area contributed by atoms with E-state index >= 15 is 0 Å². The Morgan fingerprint density at radius 1 is 0.968 bits per heavy atom. The molecule has 1 aliphatic carbocycles. The van der Waals surface area contributed by atoms with Gasteiger partial charge in [-0.05, 0) is 48.8 Å². The maximum atomic E-state index is 12.5. The van der Waals surface area contributed by atoms with Gasteiger partial charge in [0.15, 0.2) is 0 Å².